The predicted octanol–water partition coefficient (Wildman–Crippen LogP) is 5.48. The summed E-state index contributed by atoms with van der Waals surface area (Å²) < 4.78 is 44.8. The van der Waals surface area contributed by atoms with Gasteiger partial charge in [0, 0.05) is 25.7 Å². The van der Waals surface area contributed by atoms with E-state index >= 15 is 0 Å². The minimum absolute atomic E-state index is 0.181. The Hall–Kier alpha value is -1.22. The van der Waals surface area contributed by atoms with Crippen molar-refractivity contribution in [3.8, 4) is 5.75 Å². The topological polar surface area (TPSA) is 64.6 Å². The van der Waals surface area contributed by atoms with E-state index in [4.69, 9.17) is 33.2 Å². The van der Waals surface area contributed by atoms with Crippen LogP contribution in [0.25, 0.3) is 0 Å². The SMILES string of the molecule is CC(C)COc1ccc(COC2C(C3COC4(CCCCC4)O3)OC3OC4(CCCCC4)OC32)cc1. The molecule has 3 aliphatic heterocycles. The van der Waals surface area contributed by atoms with E-state index in [2.05, 4.69) is 26.0 Å². The van der Waals surface area contributed by atoms with Crippen molar-refractivity contribution in [2.75, 3.05) is 13.2 Å². The van der Waals surface area contributed by atoms with Crippen molar-refractivity contribution in [2.24, 2.45) is 5.92 Å². The molecular formula is C29H42O7. The van der Waals surface area contributed by atoms with Gasteiger partial charge in [0.25, 0.3) is 0 Å². The standard InChI is InChI=1S/C29H42O7/c1-20(2)17-30-22-11-9-21(10-12-22)18-31-25-24(23-19-32-28(34-23)13-5-3-6-14-28)33-27-26(25)35-29(36-27)15-7-4-8-16-29/h9-12,20,23-27H,3-8,13-19H2,1-2H3. The quantitative estimate of drug-likeness (QED) is 0.489. The Morgan fingerprint density at radius 1 is 0.833 bits per heavy atom. The zero-order chi connectivity index (χ0) is 24.6. The van der Waals surface area contributed by atoms with Crippen molar-refractivity contribution in [2.45, 2.75) is 127 Å². The van der Waals surface area contributed by atoms with Crippen LogP contribution in [0.4, 0.5) is 0 Å². The van der Waals surface area contributed by atoms with Gasteiger partial charge < -0.3 is 33.2 Å². The van der Waals surface area contributed by atoms with Gasteiger partial charge in [0.1, 0.15) is 30.2 Å². The molecule has 6 rings (SSSR count). The summed E-state index contributed by atoms with van der Waals surface area (Å²) in [6.45, 7) is 6.00. The number of hydrogen-bond acceptors (Lipinski definition) is 7. The molecule has 2 spiro atoms. The van der Waals surface area contributed by atoms with Crippen LogP contribution in [0.5, 0.6) is 5.75 Å². The largest absolute Gasteiger partial charge is 0.493 e. The summed E-state index contributed by atoms with van der Waals surface area (Å²) >= 11 is 0. The van der Waals surface area contributed by atoms with E-state index in [0.717, 1.165) is 62.7 Å². The molecule has 5 atom stereocenters. The lowest BCUT2D eigenvalue weighted by atomic mass is 9.94. The Labute approximate surface area is 215 Å². The van der Waals surface area contributed by atoms with E-state index in [1.807, 2.05) is 12.1 Å². The highest BCUT2D eigenvalue weighted by atomic mass is 16.9. The summed E-state index contributed by atoms with van der Waals surface area (Å²) in [6, 6.07) is 8.16. The summed E-state index contributed by atoms with van der Waals surface area (Å²) in [4.78, 5) is 0. The highest BCUT2D eigenvalue weighted by Gasteiger charge is 2.61. The molecule has 3 heterocycles. The van der Waals surface area contributed by atoms with Gasteiger partial charge in [-0.2, -0.15) is 0 Å². The van der Waals surface area contributed by atoms with Crippen LogP contribution >= 0.6 is 0 Å². The van der Waals surface area contributed by atoms with E-state index in [1.165, 1.54) is 12.8 Å². The van der Waals surface area contributed by atoms with E-state index in [9.17, 15) is 0 Å². The summed E-state index contributed by atoms with van der Waals surface area (Å²) in [5.41, 5.74) is 1.09. The second-order valence-electron chi connectivity index (χ2n) is 11.7. The van der Waals surface area contributed by atoms with Gasteiger partial charge in [-0.15, -0.1) is 0 Å². The maximum atomic E-state index is 6.63. The molecule has 5 aliphatic rings. The fraction of sp³-hybridized carbons (Fsp3) is 0.793. The molecule has 3 saturated heterocycles. The van der Waals surface area contributed by atoms with E-state index < -0.39 is 17.9 Å². The van der Waals surface area contributed by atoms with Crippen LogP contribution in [0.1, 0.15) is 83.6 Å². The second kappa shape index (κ2) is 10.5. The molecule has 200 valence electrons. The molecule has 5 unspecified atom stereocenters. The molecule has 7 heteroatoms. The normalized spacial score (nSPS) is 35.0. The summed E-state index contributed by atoms with van der Waals surface area (Å²) in [5.74, 6) is 0.409. The molecule has 1 aromatic carbocycles. The molecule has 0 aromatic heterocycles. The molecule has 5 fully saturated rings. The number of rotatable bonds is 7. The molecule has 1 aromatic rings. The van der Waals surface area contributed by atoms with Gasteiger partial charge in [0.15, 0.2) is 17.9 Å². The molecule has 7 nitrogen and oxygen atoms in total. The van der Waals surface area contributed by atoms with Crippen LogP contribution in [0.3, 0.4) is 0 Å². The van der Waals surface area contributed by atoms with Crippen molar-refractivity contribution < 1.29 is 33.2 Å². The molecule has 0 bridgehead atoms. The highest BCUT2D eigenvalue weighted by Crippen LogP contribution is 2.48. The van der Waals surface area contributed by atoms with E-state index in [0.29, 0.717) is 25.7 Å². The first-order chi connectivity index (χ1) is 17.5. The Morgan fingerprint density at radius 3 is 2.22 bits per heavy atom. The zero-order valence-corrected chi connectivity index (χ0v) is 21.8. The zero-order valence-electron chi connectivity index (χ0n) is 21.8. The maximum absolute atomic E-state index is 6.63. The van der Waals surface area contributed by atoms with Gasteiger partial charge >= 0.3 is 0 Å². The Bertz CT molecular complexity index is 859. The third-order valence-corrected chi connectivity index (χ3v) is 8.31. The molecule has 0 N–H and O–H groups in total. The summed E-state index contributed by atoms with van der Waals surface area (Å²) in [5, 5.41) is 0. The number of ether oxygens (including phenoxy) is 7. The lowest BCUT2D eigenvalue weighted by Gasteiger charge is -2.35. The summed E-state index contributed by atoms with van der Waals surface area (Å²) in [7, 11) is 0. The van der Waals surface area contributed by atoms with Crippen LogP contribution < -0.4 is 4.74 Å². The Kier molecular flexibility index (Phi) is 7.32. The minimum Gasteiger partial charge on any atom is -0.493 e. The number of fused-ring (bicyclic) bond motifs is 1. The first kappa shape index (κ1) is 25.1. The van der Waals surface area contributed by atoms with Crippen molar-refractivity contribution >= 4 is 0 Å². The fourth-order valence-electron chi connectivity index (χ4n) is 6.40. The predicted molar refractivity (Wildman–Crippen MR) is 132 cm³/mol. The monoisotopic (exact) mass is 502 g/mol. The minimum atomic E-state index is -0.521. The van der Waals surface area contributed by atoms with Crippen molar-refractivity contribution in [1.82, 2.24) is 0 Å². The van der Waals surface area contributed by atoms with Gasteiger partial charge in [0.2, 0.25) is 0 Å². The molecular weight excluding hydrogens is 460 g/mol. The van der Waals surface area contributed by atoms with Gasteiger partial charge in [-0.05, 0) is 49.3 Å². The molecule has 0 amide bonds. The smallest absolute Gasteiger partial charge is 0.190 e. The van der Waals surface area contributed by atoms with Crippen LogP contribution in [-0.2, 0) is 35.0 Å². The molecule has 2 aliphatic carbocycles. The van der Waals surface area contributed by atoms with Crippen LogP contribution in [0.2, 0.25) is 0 Å². The van der Waals surface area contributed by atoms with Gasteiger partial charge in [-0.3, -0.25) is 0 Å². The third kappa shape index (κ3) is 5.20. The highest BCUT2D eigenvalue weighted by molar-refractivity contribution is 5.27. The Balaban J connectivity index is 1.14. The number of benzene rings is 1. The van der Waals surface area contributed by atoms with Crippen LogP contribution in [-0.4, -0.2) is 55.5 Å². The fourth-order valence-corrected chi connectivity index (χ4v) is 6.40. The van der Waals surface area contributed by atoms with Crippen LogP contribution in [0.15, 0.2) is 24.3 Å². The third-order valence-electron chi connectivity index (χ3n) is 8.31. The molecule has 36 heavy (non-hydrogen) atoms. The second-order valence-corrected chi connectivity index (χ2v) is 11.7. The van der Waals surface area contributed by atoms with Gasteiger partial charge in [0.05, 0.1) is 19.8 Å². The average molecular weight is 503 g/mol. The molecule has 0 radical (unpaired) electrons. The van der Waals surface area contributed by atoms with Gasteiger partial charge in [-0.25, -0.2) is 0 Å². The summed E-state index contributed by atoms with van der Waals surface area (Å²) in [6.07, 6.45) is 9.37. The number of hydrogen-bond donors (Lipinski definition) is 0. The average Bonchev–Trinajstić information content (AvgIpc) is 3.54. The van der Waals surface area contributed by atoms with Crippen molar-refractivity contribution in [3.05, 3.63) is 29.8 Å². The first-order valence-electron chi connectivity index (χ1n) is 14.2. The lowest BCUT2D eigenvalue weighted by molar-refractivity contribution is -0.263. The van der Waals surface area contributed by atoms with Crippen molar-refractivity contribution in [3.63, 3.8) is 0 Å². The molecule has 2 saturated carbocycles. The van der Waals surface area contributed by atoms with E-state index in [-0.39, 0.29) is 24.4 Å². The van der Waals surface area contributed by atoms with Crippen molar-refractivity contribution in [1.29, 1.82) is 0 Å². The van der Waals surface area contributed by atoms with Gasteiger partial charge in [-0.1, -0.05) is 38.8 Å². The first-order valence-corrected chi connectivity index (χ1v) is 14.2. The Morgan fingerprint density at radius 2 is 1.53 bits per heavy atom. The maximum Gasteiger partial charge on any atom is 0.190 e. The van der Waals surface area contributed by atoms with E-state index in [1.54, 1.807) is 0 Å². The van der Waals surface area contributed by atoms with Crippen LogP contribution in [0, 0.1) is 5.92 Å². The lowest BCUT2D eigenvalue weighted by Crippen LogP contribution is -2.45.